The maximum absolute atomic E-state index is 10.9. The molecular weight excluding hydrogens is 248 g/mol. The van der Waals surface area contributed by atoms with Gasteiger partial charge < -0.3 is 4.90 Å². The van der Waals surface area contributed by atoms with Crippen LogP contribution in [0.15, 0.2) is 18.2 Å². The molecule has 1 aliphatic heterocycles. The zero-order valence-electron chi connectivity index (χ0n) is 11.7. The third-order valence-corrected chi connectivity index (χ3v) is 4.83. The van der Waals surface area contributed by atoms with E-state index in [-0.39, 0.29) is 0 Å². The molecule has 3 rings (SSSR count). The molecule has 0 spiro atoms. The van der Waals surface area contributed by atoms with Gasteiger partial charge in [-0.3, -0.25) is 4.79 Å². The molecule has 0 radical (unpaired) electrons. The van der Waals surface area contributed by atoms with Gasteiger partial charge in [0.25, 0.3) is 0 Å². The molecule has 2 aliphatic rings. The summed E-state index contributed by atoms with van der Waals surface area (Å²) in [6.45, 7) is 1.04. The molecule has 20 heavy (non-hydrogen) atoms. The minimum absolute atomic E-state index is 0.585. The molecule has 104 valence electrons. The highest BCUT2D eigenvalue weighted by atomic mass is 16.1. The molecule has 1 aliphatic carbocycles. The van der Waals surface area contributed by atoms with E-state index in [1.165, 1.54) is 38.5 Å². The fourth-order valence-corrected chi connectivity index (χ4v) is 3.89. The molecule has 0 amide bonds. The summed E-state index contributed by atoms with van der Waals surface area (Å²) in [6.07, 6.45) is 8.62. The van der Waals surface area contributed by atoms with Gasteiger partial charge in [-0.15, -0.1) is 0 Å². The van der Waals surface area contributed by atoms with Crippen LogP contribution >= 0.6 is 0 Å². The number of carbonyl (C=O) groups is 1. The molecule has 1 heterocycles. The summed E-state index contributed by atoms with van der Waals surface area (Å²) in [5.74, 6) is 0.787. The fraction of sp³-hybridized carbons (Fsp3) is 0.529. The second kappa shape index (κ2) is 5.66. The van der Waals surface area contributed by atoms with Gasteiger partial charge >= 0.3 is 0 Å². The predicted octanol–water partition coefficient (Wildman–Crippen LogP) is 3.53. The summed E-state index contributed by atoms with van der Waals surface area (Å²) in [7, 11) is 0. The molecule has 1 atom stereocenters. The van der Waals surface area contributed by atoms with Crippen molar-refractivity contribution in [3.05, 3.63) is 29.3 Å². The number of nitriles is 1. The quantitative estimate of drug-likeness (QED) is 0.788. The lowest BCUT2D eigenvalue weighted by atomic mass is 9.95. The fourth-order valence-electron chi connectivity index (χ4n) is 3.89. The Morgan fingerprint density at radius 3 is 2.70 bits per heavy atom. The Bertz CT molecular complexity index is 540. The molecule has 0 aromatic heterocycles. The molecule has 1 aromatic carbocycles. The van der Waals surface area contributed by atoms with Crippen molar-refractivity contribution in [3.63, 3.8) is 0 Å². The zero-order chi connectivity index (χ0) is 13.9. The maximum Gasteiger partial charge on any atom is 0.150 e. The number of rotatable bonds is 3. The van der Waals surface area contributed by atoms with Gasteiger partial charge in [0.1, 0.15) is 12.4 Å². The number of carbonyl (C=O) groups excluding carboxylic acids is 1. The van der Waals surface area contributed by atoms with Gasteiger partial charge in [-0.05, 0) is 49.8 Å². The first-order chi connectivity index (χ1) is 9.83. The number of hydrogen-bond acceptors (Lipinski definition) is 3. The molecule has 3 heteroatoms. The molecule has 1 saturated heterocycles. The van der Waals surface area contributed by atoms with Crippen LogP contribution in [0.4, 0.5) is 5.69 Å². The number of hydrogen-bond donors (Lipinski definition) is 0. The van der Waals surface area contributed by atoms with Crippen molar-refractivity contribution in [1.82, 2.24) is 0 Å². The third-order valence-electron chi connectivity index (χ3n) is 4.83. The van der Waals surface area contributed by atoms with Crippen molar-refractivity contribution in [1.29, 1.82) is 5.26 Å². The van der Waals surface area contributed by atoms with E-state index in [1.54, 1.807) is 6.07 Å². The average Bonchev–Trinajstić information content (AvgIpc) is 3.16. The Hall–Kier alpha value is -1.82. The molecule has 0 bridgehead atoms. The number of anilines is 1. The average molecular weight is 268 g/mol. The Kier molecular flexibility index (Phi) is 3.73. The van der Waals surface area contributed by atoms with Crippen molar-refractivity contribution in [2.45, 2.75) is 44.6 Å². The second-order valence-electron chi connectivity index (χ2n) is 5.95. The van der Waals surface area contributed by atoms with Crippen LogP contribution in [0.25, 0.3) is 0 Å². The van der Waals surface area contributed by atoms with Crippen molar-refractivity contribution in [3.8, 4) is 6.07 Å². The third kappa shape index (κ3) is 2.31. The predicted molar refractivity (Wildman–Crippen MR) is 78.9 cm³/mol. The second-order valence-corrected chi connectivity index (χ2v) is 5.95. The van der Waals surface area contributed by atoms with Gasteiger partial charge in [0, 0.05) is 18.2 Å². The van der Waals surface area contributed by atoms with Gasteiger partial charge in [-0.25, -0.2) is 0 Å². The first-order valence-corrected chi connectivity index (χ1v) is 7.59. The summed E-state index contributed by atoms with van der Waals surface area (Å²) in [4.78, 5) is 13.3. The Morgan fingerprint density at radius 2 is 2.00 bits per heavy atom. The Labute approximate surface area is 120 Å². The maximum atomic E-state index is 10.9. The molecule has 1 saturated carbocycles. The normalized spacial score (nSPS) is 22.9. The molecule has 3 nitrogen and oxygen atoms in total. The lowest BCUT2D eigenvalue weighted by Gasteiger charge is -2.32. The van der Waals surface area contributed by atoms with Gasteiger partial charge in [0.15, 0.2) is 0 Å². The number of aldehydes is 1. The smallest absolute Gasteiger partial charge is 0.150 e. The van der Waals surface area contributed by atoms with E-state index >= 15 is 0 Å². The minimum Gasteiger partial charge on any atom is -0.367 e. The van der Waals surface area contributed by atoms with Crippen LogP contribution in [0.2, 0.25) is 0 Å². The van der Waals surface area contributed by atoms with Gasteiger partial charge in [0.05, 0.1) is 11.3 Å². The van der Waals surface area contributed by atoms with Crippen LogP contribution < -0.4 is 4.90 Å². The van der Waals surface area contributed by atoms with Crippen molar-refractivity contribution < 1.29 is 4.79 Å². The Balaban J connectivity index is 1.91. The summed E-state index contributed by atoms with van der Waals surface area (Å²) < 4.78 is 0. The summed E-state index contributed by atoms with van der Waals surface area (Å²) in [5, 5.41) is 9.36. The number of nitrogens with zero attached hydrogens (tertiary/aromatic N) is 2. The van der Waals surface area contributed by atoms with Crippen LogP contribution in [-0.2, 0) is 0 Å². The van der Waals surface area contributed by atoms with E-state index in [9.17, 15) is 10.1 Å². The molecule has 1 aromatic rings. The van der Waals surface area contributed by atoms with Gasteiger partial charge in [-0.2, -0.15) is 5.26 Å². The highest BCUT2D eigenvalue weighted by Crippen LogP contribution is 2.38. The van der Waals surface area contributed by atoms with E-state index in [0.717, 1.165) is 24.4 Å². The largest absolute Gasteiger partial charge is 0.367 e. The van der Waals surface area contributed by atoms with Crippen LogP contribution in [0.1, 0.15) is 54.4 Å². The molecule has 2 fully saturated rings. The van der Waals surface area contributed by atoms with Crippen LogP contribution in [0, 0.1) is 17.2 Å². The summed E-state index contributed by atoms with van der Waals surface area (Å²) >= 11 is 0. The van der Waals surface area contributed by atoms with Crippen LogP contribution in [-0.4, -0.2) is 18.9 Å². The van der Waals surface area contributed by atoms with E-state index in [0.29, 0.717) is 17.2 Å². The van der Waals surface area contributed by atoms with Crippen molar-refractivity contribution >= 4 is 12.0 Å². The Morgan fingerprint density at radius 1 is 1.20 bits per heavy atom. The van der Waals surface area contributed by atoms with E-state index in [2.05, 4.69) is 11.0 Å². The van der Waals surface area contributed by atoms with Gasteiger partial charge in [0.2, 0.25) is 0 Å². The van der Waals surface area contributed by atoms with E-state index in [1.807, 2.05) is 12.1 Å². The SMILES string of the molecule is N#Cc1cc(C=O)ccc1N1CCCC1C1CCCC1. The molecular formula is C17H20N2O. The summed E-state index contributed by atoms with van der Waals surface area (Å²) in [6, 6.07) is 8.34. The highest BCUT2D eigenvalue weighted by molar-refractivity contribution is 5.78. The minimum atomic E-state index is 0.585. The lowest BCUT2D eigenvalue weighted by molar-refractivity contribution is 0.112. The van der Waals surface area contributed by atoms with Crippen LogP contribution in [0.5, 0.6) is 0 Å². The number of benzene rings is 1. The highest BCUT2D eigenvalue weighted by Gasteiger charge is 2.34. The summed E-state index contributed by atoms with van der Waals surface area (Å²) in [5.41, 5.74) is 2.24. The first-order valence-electron chi connectivity index (χ1n) is 7.59. The van der Waals surface area contributed by atoms with Crippen molar-refractivity contribution in [2.24, 2.45) is 5.92 Å². The standard InChI is InChI=1S/C17H20N2O/c18-11-15-10-13(12-20)7-8-17(15)19-9-3-6-16(19)14-4-1-2-5-14/h7-8,10,12,14,16H,1-6,9H2. The lowest BCUT2D eigenvalue weighted by Crippen LogP contribution is -2.35. The topological polar surface area (TPSA) is 44.1 Å². The van der Waals surface area contributed by atoms with E-state index in [4.69, 9.17) is 0 Å². The van der Waals surface area contributed by atoms with Crippen LogP contribution in [0.3, 0.4) is 0 Å². The molecule has 1 unspecified atom stereocenters. The van der Waals surface area contributed by atoms with E-state index < -0.39 is 0 Å². The molecule has 0 N–H and O–H groups in total. The first kappa shape index (κ1) is 13.2. The van der Waals surface area contributed by atoms with Crippen molar-refractivity contribution in [2.75, 3.05) is 11.4 Å². The van der Waals surface area contributed by atoms with Gasteiger partial charge in [-0.1, -0.05) is 12.8 Å². The zero-order valence-corrected chi connectivity index (χ0v) is 11.7. The monoisotopic (exact) mass is 268 g/mol.